The van der Waals surface area contributed by atoms with Crippen LogP contribution in [0.25, 0.3) is 0 Å². The largest absolute Gasteiger partial charge is 0.355 e. The second kappa shape index (κ2) is 11.7. The number of benzene rings is 2. The van der Waals surface area contributed by atoms with Crippen molar-refractivity contribution in [1.82, 2.24) is 9.21 Å². The molecule has 7 nitrogen and oxygen atoms in total. The minimum absolute atomic E-state index is 0.121. The molecule has 9 heteroatoms. The van der Waals surface area contributed by atoms with E-state index in [2.05, 4.69) is 15.2 Å². The highest BCUT2D eigenvalue weighted by Gasteiger charge is 2.38. The lowest BCUT2D eigenvalue weighted by molar-refractivity contribution is 0.0810. The van der Waals surface area contributed by atoms with E-state index < -0.39 is 10.0 Å². The summed E-state index contributed by atoms with van der Waals surface area (Å²) in [6.45, 7) is 6.34. The van der Waals surface area contributed by atoms with Crippen LogP contribution in [0.1, 0.15) is 68.2 Å². The summed E-state index contributed by atoms with van der Waals surface area (Å²) in [5.74, 6) is 0.345. The predicted octanol–water partition coefficient (Wildman–Crippen LogP) is 6.15. The summed E-state index contributed by atoms with van der Waals surface area (Å²) < 4.78 is 42.5. The Labute approximate surface area is 231 Å². The summed E-state index contributed by atoms with van der Waals surface area (Å²) >= 11 is 0. The zero-order valence-corrected chi connectivity index (χ0v) is 23.6. The van der Waals surface area contributed by atoms with E-state index >= 15 is 0 Å². The normalized spacial score (nSPS) is 21.5. The van der Waals surface area contributed by atoms with Crippen molar-refractivity contribution < 1.29 is 12.8 Å². The molecule has 0 amide bonds. The maximum absolute atomic E-state index is 13.8. The molecular weight excluding hydrogens is 513 g/mol. The topological polar surface area (TPSA) is 88.9 Å². The molecule has 1 saturated carbocycles. The smallest absolute Gasteiger partial charge is 0.260 e. The third-order valence-electron chi connectivity index (χ3n) is 8.21. The Morgan fingerprint density at radius 3 is 2.59 bits per heavy atom. The van der Waals surface area contributed by atoms with Crippen LogP contribution in [-0.4, -0.2) is 55.7 Å². The number of hydrogen-bond acceptors (Lipinski definition) is 6. The Kier molecular flexibility index (Phi) is 8.30. The van der Waals surface area contributed by atoms with Crippen LogP contribution in [0.3, 0.4) is 0 Å². The Morgan fingerprint density at radius 2 is 1.90 bits per heavy atom. The maximum atomic E-state index is 13.8. The van der Waals surface area contributed by atoms with Gasteiger partial charge in [0, 0.05) is 61.1 Å². The Morgan fingerprint density at radius 1 is 1.13 bits per heavy atom. The number of halogens is 1. The minimum Gasteiger partial charge on any atom is -0.355 e. The molecule has 208 valence electrons. The third kappa shape index (κ3) is 6.15. The molecular formula is C30H38FN5O2S. The van der Waals surface area contributed by atoms with Gasteiger partial charge in [-0.05, 0) is 105 Å². The predicted molar refractivity (Wildman–Crippen MR) is 156 cm³/mol. The molecule has 39 heavy (non-hydrogen) atoms. The van der Waals surface area contributed by atoms with Crippen molar-refractivity contribution in [2.24, 2.45) is 10.9 Å². The lowest BCUT2D eigenvalue weighted by Crippen LogP contribution is -2.52. The van der Waals surface area contributed by atoms with Gasteiger partial charge in [-0.15, -0.1) is 0 Å². The summed E-state index contributed by atoms with van der Waals surface area (Å²) in [5.41, 5.74) is 5.12. The first-order valence-electron chi connectivity index (χ1n) is 13.9. The number of allylic oxidation sites excluding steroid dienone is 1. The molecule has 5 rings (SSSR count). The maximum Gasteiger partial charge on any atom is 0.260 e. The van der Waals surface area contributed by atoms with Crippen molar-refractivity contribution in [3.05, 3.63) is 70.0 Å². The molecule has 0 spiro atoms. The highest BCUT2D eigenvalue weighted by atomic mass is 32.2. The van der Waals surface area contributed by atoms with Crippen LogP contribution >= 0.6 is 0 Å². The molecule has 2 fully saturated rings. The molecule has 2 aromatic carbocycles. The fourth-order valence-electron chi connectivity index (χ4n) is 5.72. The number of anilines is 2. The SMILES string of the molecule is CC1=NC(S(=O)(=O)N2CCN(CC3CCC3)[C@@H](c3cc(C=N)c(Nc4ccc(F)cc4)cc3C)C2)=CCCC1. The van der Waals surface area contributed by atoms with Crippen LogP contribution < -0.4 is 5.32 Å². The molecule has 0 radical (unpaired) electrons. The quantitative estimate of drug-likeness (QED) is 0.385. The second-order valence-corrected chi connectivity index (χ2v) is 12.9. The molecule has 0 aromatic heterocycles. The Bertz CT molecular complexity index is 1380. The van der Waals surface area contributed by atoms with Crippen molar-refractivity contribution >= 4 is 33.3 Å². The van der Waals surface area contributed by atoms with Crippen LogP contribution in [0, 0.1) is 24.1 Å². The number of piperazine rings is 1. The molecule has 2 heterocycles. The van der Waals surface area contributed by atoms with Gasteiger partial charge in [0.1, 0.15) is 5.82 Å². The average Bonchev–Trinajstić information content (AvgIpc) is 3.12. The van der Waals surface area contributed by atoms with Gasteiger partial charge in [-0.2, -0.15) is 4.31 Å². The molecule has 2 N–H and O–H groups in total. The minimum atomic E-state index is -3.71. The van der Waals surface area contributed by atoms with E-state index in [9.17, 15) is 12.8 Å². The molecule has 1 atom stereocenters. The van der Waals surface area contributed by atoms with E-state index in [4.69, 9.17) is 5.41 Å². The summed E-state index contributed by atoms with van der Waals surface area (Å²) in [7, 11) is -3.71. The van der Waals surface area contributed by atoms with Crippen LogP contribution in [0.4, 0.5) is 15.8 Å². The third-order valence-corrected chi connectivity index (χ3v) is 10.0. The number of nitrogens with zero attached hydrogens (tertiary/aromatic N) is 3. The summed E-state index contributed by atoms with van der Waals surface area (Å²) in [6, 6.07) is 10.0. The number of sulfonamides is 1. The average molecular weight is 552 g/mol. The van der Waals surface area contributed by atoms with Crippen molar-refractivity contribution in [3.8, 4) is 0 Å². The lowest BCUT2D eigenvalue weighted by Gasteiger charge is -2.44. The summed E-state index contributed by atoms with van der Waals surface area (Å²) in [4.78, 5) is 6.92. The van der Waals surface area contributed by atoms with Crippen molar-refractivity contribution in [1.29, 1.82) is 5.41 Å². The first-order chi connectivity index (χ1) is 18.7. The molecule has 3 aliphatic rings. The molecule has 1 aliphatic carbocycles. The zero-order chi connectivity index (χ0) is 27.6. The van der Waals surface area contributed by atoms with Gasteiger partial charge in [0.05, 0.1) is 0 Å². The highest BCUT2D eigenvalue weighted by Crippen LogP contribution is 2.37. The van der Waals surface area contributed by atoms with Crippen molar-refractivity contribution in [2.75, 3.05) is 31.5 Å². The van der Waals surface area contributed by atoms with Crippen molar-refractivity contribution in [2.45, 2.75) is 58.4 Å². The second-order valence-electron chi connectivity index (χ2n) is 11.0. The summed E-state index contributed by atoms with van der Waals surface area (Å²) in [5, 5.41) is 11.6. The monoisotopic (exact) mass is 551 g/mol. The van der Waals surface area contributed by atoms with Gasteiger partial charge in [0.15, 0.2) is 5.03 Å². The number of aliphatic imine (C=N–C) groups is 1. The molecule has 2 aromatic rings. The van der Waals surface area contributed by atoms with Crippen molar-refractivity contribution in [3.63, 3.8) is 0 Å². The molecule has 1 saturated heterocycles. The zero-order valence-electron chi connectivity index (χ0n) is 22.8. The fraction of sp³-hybridized carbons (Fsp3) is 0.467. The van der Waals surface area contributed by atoms with E-state index in [1.54, 1.807) is 22.5 Å². The summed E-state index contributed by atoms with van der Waals surface area (Å²) in [6.07, 6.45) is 9.23. The number of rotatable bonds is 8. The van der Waals surface area contributed by atoms with Gasteiger partial charge in [-0.1, -0.05) is 6.42 Å². The number of hydrogen-bond donors (Lipinski definition) is 2. The van der Waals surface area contributed by atoms with Gasteiger partial charge < -0.3 is 10.7 Å². The fourth-order valence-corrected chi connectivity index (χ4v) is 7.24. The highest BCUT2D eigenvalue weighted by molar-refractivity contribution is 7.93. The molecule has 0 unspecified atom stereocenters. The van der Waals surface area contributed by atoms with E-state index in [1.807, 2.05) is 26.0 Å². The van der Waals surface area contributed by atoms with Crippen LogP contribution in [0.15, 0.2) is 52.5 Å². The molecule has 2 aliphatic heterocycles. The van der Waals surface area contributed by atoms with E-state index in [0.29, 0.717) is 37.5 Å². The molecule has 0 bridgehead atoms. The number of aryl methyl sites for hydroxylation is 1. The van der Waals surface area contributed by atoms with E-state index in [0.717, 1.165) is 47.6 Å². The van der Waals surface area contributed by atoms with Gasteiger partial charge in [0.2, 0.25) is 0 Å². The van der Waals surface area contributed by atoms with Gasteiger partial charge in [0.25, 0.3) is 10.0 Å². The lowest BCUT2D eigenvalue weighted by atomic mass is 9.84. The van der Waals surface area contributed by atoms with Crippen LogP contribution in [0.2, 0.25) is 0 Å². The van der Waals surface area contributed by atoms with E-state index in [1.165, 1.54) is 37.6 Å². The standard InChI is InChI=1S/C30H38FN5O2S/c1-21-16-28(34-26-12-10-25(31)11-13-26)24(18-32)17-27(21)29-20-36(15-14-35(29)19-23-7-5-8-23)39(37,38)30-9-4-3-6-22(2)33-30/h9-13,16-18,23,29,32,34H,3-8,14-15,19-20H2,1-2H3/t29-/m1/s1. The van der Waals surface area contributed by atoms with E-state index in [-0.39, 0.29) is 16.9 Å². The van der Waals surface area contributed by atoms with Crippen LogP contribution in [0.5, 0.6) is 0 Å². The first-order valence-corrected chi connectivity index (χ1v) is 15.3. The van der Waals surface area contributed by atoms with Gasteiger partial charge in [-0.3, -0.25) is 4.90 Å². The Balaban J connectivity index is 1.47. The van der Waals surface area contributed by atoms with Gasteiger partial charge in [-0.25, -0.2) is 17.8 Å². The first kappa shape index (κ1) is 27.7. The number of nitrogens with one attached hydrogen (secondary N) is 2. The Hall–Kier alpha value is -2.88. The van der Waals surface area contributed by atoms with Gasteiger partial charge >= 0.3 is 0 Å². The van der Waals surface area contributed by atoms with Crippen LogP contribution in [-0.2, 0) is 10.0 Å².